The van der Waals surface area contributed by atoms with Gasteiger partial charge in [-0.05, 0) is 97.6 Å². The summed E-state index contributed by atoms with van der Waals surface area (Å²) in [6, 6.07) is 57.1. The topological polar surface area (TPSA) is 26.3 Å². The van der Waals surface area contributed by atoms with Crippen LogP contribution in [0.2, 0.25) is 0 Å². The molecule has 1 aliphatic rings. The molecule has 0 N–H and O–H groups in total. The molecule has 0 bridgehead atoms. The van der Waals surface area contributed by atoms with Crippen LogP contribution in [0.4, 0.5) is 0 Å². The summed E-state index contributed by atoms with van der Waals surface area (Å²) in [6.07, 6.45) is 6.42. The Bertz CT molecular complexity index is 3000. The van der Waals surface area contributed by atoms with Gasteiger partial charge in [-0.15, -0.1) is 0 Å². The monoisotopic (exact) mass is 664 g/mol. The van der Waals surface area contributed by atoms with E-state index in [-0.39, 0.29) is 0 Å². The van der Waals surface area contributed by atoms with E-state index in [9.17, 15) is 0 Å². The number of para-hydroxylation sites is 2. The molecular formula is C50H32O2. The summed E-state index contributed by atoms with van der Waals surface area (Å²) < 4.78 is 12.6. The van der Waals surface area contributed by atoms with Gasteiger partial charge in [0.2, 0.25) is 0 Å². The summed E-state index contributed by atoms with van der Waals surface area (Å²) in [4.78, 5) is 0. The number of hydrogen-bond donors (Lipinski definition) is 0. The van der Waals surface area contributed by atoms with E-state index in [1.807, 2.05) is 12.1 Å². The van der Waals surface area contributed by atoms with E-state index in [0.29, 0.717) is 0 Å². The van der Waals surface area contributed by atoms with Crippen molar-refractivity contribution in [2.45, 2.75) is 12.8 Å². The minimum Gasteiger partial charge on any atom is -0.456 e. The van der Waals surface area contributed by atoms with E-state index in [4.69, 9.17) is 8.83 Å². The Morgan fingerprint density at radius 1 is 0.385 bits per heavy atom. The van der Waals surface area contributed by atoms with Crippen molar-refractivity contribution in [1.29, 1.82) is 0 Å². The molecule has 11 rings (SSSR count). The molecular weight excluding hydrogens is 633 g/mol. The molecule has 2 heterocycles. The Labute approximate surface area is 300 Å². The van der Waals surface area contributed by atoms with Crippen molar-refractivity contribution in [3.05, 3.63) is 175 Å². The van der Waals surface area contributed by atoms with E-state index in [1.165, 1.54) is 65.9 Å². The molecule has 2 heteroatoms. The van der Waals surface area contributed by atoms with Crippen molar-refractivity contribution >= 4 is 60.5 Å². The number of fused-ring (bicyclic) bond motifs is 8. The maximum atomic E-state index is 6.45. The van der Waals surface area contributed by atoms with E-state index in [1.54, 1.807) is 0 Å². The van der Waals surface area contributed by atoms with Gasteiger partial charge in [0.25, 0.3) is 0 Å². The predicted molar refractivity (Wildman–Crippen MR) is 218 cm³/mol. The maximum absolute atomic E-state index is 6.45. The van der Waals surface area contributed by atoms with Crippen molar-refractivity contribution in [2.75, 3.05) is 0 Å². The average molecular weight is 665 g/mol. The Morgan fingerprint density at radius 2 is 0.962 bits per heavy atom. The van der Waals surface area contributed by atoms with Crippen LogP contribution in [-0.4, -0.2) is 0 Å². The number of aryl methyl sites for hydroxylation is 1. The second-order valence-electron chi connectivity index (χ2n) is 13.8. The third-order valence-electron chi connectivity index (χ3n) is 11.0. The third-order valence-corrected chi connectivity index (χ3v) is 11.0. The minimum absolute atomic E-state index is 0.908. The summed E-state index contributed by atoms with van der Waals surface area (Å²) in [6.45, 7) is 0. The Balaban J connectivity index is 1.09. The fraction of sp³-hybridized carbons (Fsp3) is 0.0400. The van der Waals surface area contributed by atoms with E-state index in [0.717, 1.165) is 57.3 Å². The highest BCUT2D eigenvalue weighted by atomic mass is 16.3. The molecule has 244 valence electrons. The summed E-state index contributed by atoms with van der Waals surface area (Å²) in [5.41, 5.74) is 13.7. The first-order chi connectivity index (χ1) is 25.8. The first-order valence-corrected chi connectivity index (χ1v) is 18.1. The van der Waals surface area contributed by atoms with Gasteiger partial charge < -0.3 is 8.83 Å². The highest BCUT2D eigenvalue weighted by molar-refractivity contribution is 6.22. The molecule has 0 atom stereocenters. The fourth-order valence-electron chi connectivity index (χ4n) is 8.62. The molecule has 0 saturated carbocycles. The van der Waals surface area contributed by atoms with Crippen molar-refractivity contribution < 1.29 is 8.83 Å². The molecule has 0 spiro atoms. The smallest absolute Gasteiger partial charge is 0.142 e. The number of furan rings is 2. The second kappa shape index (κ2) is 11.4. The van der Waals surface area contributed by atoms with Crippen LogP contribution in [-0.2, 0) is 6.42 Å². The zero-order valence-electron chi connectivity index (χ0n) is 28.4. The maximum Gasteiger partial charge on any atom is 0.142 e. The molecule has 0 radical (unpaired) electrons. The van der Waals surface area contributed by atoms with Crippen LogP contribution in [0.1, 0.15) is 17.7 Å². The van der Waals surface area contributed by atoms with Gasteiger partial charge in [-0.2, -0.15) is 0 Å². The molecule has 0 aliphatic heterocycles. The van der Waals surface area contributed by atoms with Gasteiger partial charge in [-0.1, -0.05) is 146 Å². The standard InChI is InChI=1S/C50H32O2/c1-2-15-38(34(12-1)33-28-29-47-44(30-33)37-14-8-9-22-45(37)51-47)49-41-18-5-3-16-39(41)48(40-17-4-6-19-42(40)49)32-26-24-31(25-27-32)35-20-11-21-43-36-13-7-10-23-46(36)52-50(35)43/h1-6,8-12,14-30H,7,13H2. The van der Waals surface area contributed by atoms with Gasteiger partial charge in [-0.25, -0.2) is 0 Å². The van der Waals surface area contributed by atoms with Gasteiger partial charge in [0.05, 0.1) is 0 Å². The third kappa shape index (κ3) is 4.37. The normalized spacial score (nSPS) is 12.8. The molecule has 0 fully saturated rings. The first-order valence-electron chi connectivity index (χ1n) is 18.1. The van der Waals surface area contributed by atoms with Gasteiger partial charge >= 0.3 is 0 Å². The van der Waals surface area contributed by atoms with E-state index < -0.39 is 0 Å². The molecule has 2 nitrogen and oxygen atoms in total. The molecule has 0 amide bonds. The van der Waals surface area contributed by atoms with E-state index >= 15 is 0 Å². The first kappa shape index (κ1) is 29.1. The summed E-state index contributed by atoms with van der Waals surface area (Å²) in [7, 11) is 0. The van der Waals surface area contributed by atoms with Crippen LogP contribution in [0.3, 0.4) is 0 Å². The molecule has 8 aromatic carbocycles. The van der Waals surface area contributed by atoms with Gasteiger partial charge in [0.15, 0.2) is 0 Å². The molecule has 52 heavy (non-hydrogen) atoms. The molecule has 2 aromatic heterocycles. The molecule has 1 aliphatic carbocycles. The SMILES string of the molecule is C1=Cc2oc3c(-c4ccc(-c5c6ccccc6c(-c6ccccc6-c6ccc7oc8ccccc8c7c6)c6ccccc56)cc4)cccc3c2CC1. The number of hydrogen-bond acceptors (Lipinski definition) is 2. The zero-order valence-corrected chi connectivity index (χ0v) is 28.4. The Morgan fingerprint density at radius 3 is 1.73 bits per heavy atom. The minimum atomic E-state index is 0.908. The summed E-state index contributed by atoms with van der Waals surface area (Å²) in [5.74, 6) is 1.00. The predicted octanol–water partition coefficient (Wildman–Crippen LogP) is 14.3. The summed E-state index contributed by atoms with van der Waals surface area (Å²) in [5, 5.41) is 8.46. The quantitative estimate of drug-likeness (QED) is 0.175. The number of allylic oxidation sites excluding steroid dienone is 1. The van der Waals surface area contributed by atoms with Crippen molar-refractivity contribution in [2.24, 2.45) is 0 Å². The van der Waals surface area contributed by atoms with Crippen LogP contribution >= 0.6 is 0 Å². The molecule has 0 saturated heterocycles. The lowest BCUT2D eigenvalue weighted by atomic mass is 9.83. The van der Waals surface area contributed by atoms with Gasteiger partial charge in [0.1, 0.15) is 22.5 Å². The number of benzene rings is 8. The van der Waals surface area contributed by atoms with Gasteiger partial charge in [0, 0.05) is 27.3 Å². The van der Waals surface area contributed by atoms with Crippen LogP contribution in [0.5, 0.6) is 0 Å². The largest absolute Gasteiger partial charge is 0.456 e. The van der Waals surface area contributed by atoms with Crippen LogP contribution in [0.25, 0.3) is 105 Å². The van der Waals surface area contributed by atoms with Crippen molar-refractivity contribution in [1.82, 2.24) is 0 Å². The highest BCUT2D eigenvalue weighted by Gasteiger charge is 2.21. The highest BCUT2D eigenvalue weighted by Crippen LogP contribution is 2.47. The lowest BCUT2D eigenvalue weighted by Gasteiger charge is -2.20. The van der Waals surface area contributed by atoms with Crippen molar-refractivity contribution in [3.63, 3.8) is 0 Å². The molecule has 0 unspecified atom stereocenters. The number of rotatable bonds is 4. The van der Waals surface area contributed by atoms with Crippen LogP contribution in [0, 0.1) is 0 Å². The summed E-state index contributed by atoms with van der Waals surface area (Å²) >= 11 is 0. The Hall–Kier alpha value is -6.64. The second-order valence-corrected chi connectivity index (χ2v) is 13.8. The fourth-order valence-corrected chi connectivity index (χ4v) is 8.62. The zero-order chi connectivity index (χ0) is 34.2. The van der Waals surface area contributed by atoms with Crippen molar-refractivity contribution in [3.8, 4) is 44.5 Å². The Kier molecular flexibility index (Phi) is 6.41. The molecule has 10 aromatic rings. The van der Waals surface area contributed by atoms with Gasteiger partial charge in [-0.3, -0.25) is 0 Å². The lowest BCUT2D eigenvalue weighted by molar-refractivity contribution is 0.596. The van der Waals surface area contributed by atoms with Crippen LogP contribution < -0.4 is 0 Å². The average Bonchev–Trinajstić information content (AvgIpc) is 3.78. The lowest BCUT2D eigenvalue weighted by Crippen LogP contribution is -1.92. The van der Waals surface area contributed by atoms with E-state index in [2.05, 4.69) is 158 Å². The van der Waals surface area contributed by atoms with Crippen LogP contribution in [0.15, 0.2) is 173 Å².